The van der Waals surface area contributed by atoms with Crippen molar-refractivity contribution in [3.8, 4) is 0 Å². The van der Waals surface area contributed by atoms with Crippen molar-refractivity contribution in [2.75, 3.05) is 13.2 Å². The summed E-state index contributed by atoms with van der Waals surface area (Å²) in [5.41, 5.74) is 6.60. The molecule has 0 bridgehead atoms. The summed E-state index contributed by atoms with van der Waals surface area (Å²) >= 11 is 3.23. The molecular weight excluding hydrogens is 285 g/mol. The summed E-state index contributed by atoms with van der Waals surface area (Å²) in [6.45, 7) is 3.48. The fourth-order valence-corrected chi connectivity index (χ4v) is 1.89. The zero-order valence-electron chi connectivity index (χ0n) is 10.1. The van der Waals surface area contributed by atoms with Crippen LogP contribution in [-0.2, 0) is 11.2 Å². The van der Waals surface area contributed by atoms with Crippen molar-refractivity contribution < 1.29 is 9.13 Å². The Morgan fingerprint density at radius 3 is 2.82 bits per heavy atom. The van der Waals surface area contributed by atoms with E-state index in [0.717, 1.165) is 23.9 Å². The van der Waals surface area contributed by atoms with E-state index >= 15 is 0 Å². The third-order valence-electron chi connectivity index (χ3n) is 2.48. The summed E-state index contributed by atoms with van der Waals surface area (Å²) in [5.74, 6) is -0.204. The summed E-state index contributed by atoms with van der Waals surface area (Å²) in [7, 11) is 0. The van der Waals surface area contributed by atoms with E-state index in [1.807, 2.05) is 6.07 Å². The second-order valence-corrected chi connectivity index (χ2v) is 5.02. The van der Waals surface area contributed by atoms with Crippen LogP contribution in [0.25, 0.3) is 0 Å². The molecule has 0 spiro atoms. The first-order chi connectivity index (χ1) is 8.13. The molecule has 17 heavy (non-hydrogen) atoms. The fraction of sp³-hybridized carbons (Fsp3) is 0.538. The Kier molecular flexibility index (Phi) is 6.70. The molecule has 1 aromatic carbocycles. The summed E-state index contributed by atoms with van der Waals surface area (Å²) in [6, 6.07) is 5.02. The highest BCUT2D eigenvalue weighted by atomic mass is 79.9. The Morgan fingerprint density at radius 2 is 2.18 bits per heavy atom. The lowest BCUT2D eigenvalue weighted by molar-refractivity contribution is 0.127. The summed E-state index contributed by atoms with van der Waals surface area (Å²) < 4.78 is 19.6. The lowest BCUT2D eigenvalue weighted by Gasteiger charge is -2.12. The minimum atomic E-state index is -0.204. The number of rotatable bonds is 7. The van der Waals surface area contributed by atoms with Crippen molar-refractivity contribution in [2.45, 2.75) is 32.2 Å². The van der Waals surface area contributed by atoms with Crippen molar-refractivity contribution >= 4 is 15.9 Å². The van der Waals surface area contributed by atoms with Crippen LogP contribution in [0.15, 0.2) is 22.7 Å². The molecule has 0 aromatic heterocycles. The van der Waals surface area contributed by atoms with E-state index in [4.69, 9.17) is 10.5 Å². The first kappa shape index (κ1) is 14.6. The fourth-order valence-electron chi connectivity index (χ4n) is 1.55. The molecule has 1 aromatic rings. The van der Waals surface area contributed by atoms with Crippen LogP contribution in [0.1, 0.15) is 25.3 Å². The largest absolute Gasteiger partial charge is 0.381 e. The topological polar surface area (TPSA) is 35.2 Å². The van der Waals surface area contributed by atoms with Crippen molar-refractivity contribution in [1.82, 2.24) is 0 Å². The highest BCUT2D eigenvalue weighted by Gasteiger charge is 2.08. The number of ether oxygens (including phenoxy) is 1. The van der Waals surface area contributed by atoms with Crippen LogP contribution in [0.3, 0.4) is 0 Å². The van der Waals surface area contributed by atoms with Gasteiger partial charge in [0, 0.05) is 23.7 Å². The molecule has 1 unspecified atom stereocenters. The highest BCUT2D eigenvalue weighted by Crippen LogP contribution is 2.16. The zero-order chi connectivity index (χ0) is 12.7. The molecule has 0 radical (unpaired) electrons. The Hall–Kier alpha value is -0.450. The third kappa shape index (κ3) is 5.61. The maximum absolute atomic E-state index is 13.5. The SMILES string of the molecule is CCCOCCC(N)Cc1ccc(Br)cc1F. The van der Waals surface area contributed by atoms with Gasteiger partial charge in [0.15, 0.2) is 0 Å². The Balaban J connectivity index is 2.37. The molecule has 0 saturated carbocycles. The first-order valence-electron chi connectivity index (χ1n) is 5.90. The molecule has 0 fully saturated rings. The minimum absolute atomic E-state index is 0.0532. The normalized spacial score (nSPS) is 12.7. The number of hydrogen-bond donors (Lipinski definition) is 1. The second kappa shape index (κ2) is 7.80. The molecular formula is C13H19BrFNO. The van der Waals surface area contributed by atoms with Crippen molar-refractivity contribution in [3.63, 3.8) is 0 Å². The van der Waals surface area contributed by atoms with Gasteiger partial charge in [-0.25, -0.2) is 4.39 Å². The predicted octanol–water partition coefficient (Wildman–Crippen LogP) is 3.27. The van der Waals surface area contributed by atoms with Crippen LogP contribution < -0.4 is 5.73 Å². The molecule has 0 amide bonds. The van der Waals surface area contributed by atoms with Crippen molar-refractivity contribution in [1.29, 1.82) is 0 Å². The molecule has 2 N–H and O–H groups in total. The molecule has 1 rings (SSSR count). The van der Waals surface area contributed by atoms with E-state index in [-0.39, 0.29) is 11.9 Å². The maximum atomic E-state index is 13.5. The highest BCUT2D eigenvalue weighted by molar-refractivity contribution is 9.10. The number of nitrogens with two attached hydrogens (primary N) is 1. The van der Waals surface area contributed by atoms with Gasteiger partial charge in [0.2, 0.25) is 0 Å². The lowest BCUT2D eigenvalue weighted by atomic mass is 10.0. The summed E-state index contributed by atoms with van der Waals surface area (Å²) in [5, 5.41) is 0. The average Bonchev–Trinajstić information content (AvgIpc) is 2.28. The number of hydrogen-bond acceptors (Lipinski definition) is 2. The van der Waals surface area contributed by atoms with Gasteiger partial charge in [-0.3, -0.25) is 0 Å². The van der Waals surface area contributed by atoms with Crippen LogP contribution in [0, 0.1) is 5.82 Å². The third-order valence-corrected chi connectivity index (χ3v) is 2.97. The van der Waals surface area contributed by atoms with Gasteiger partial charge < -0.3 is 10.5 Å². The van der Waals surface area contributed by atoms with Crippen LogP contribution in [0.2, 0.25) is 0 Å². The Labute approximate surface area is 110 Å². The van der Waals surface area contributed by atoms with E-state index in [9.17, 15) is 4.39 Å². The second-order valence-electron chi connectivity index (χ2n) is 4.10. The van der Waals surface area contributed by atoms with Crippen molar-refractivity contribution in [2.24, 2.45) is 5.73 Å². The Morgan fingerprint density at radius 1 is 1.41 bits per heavy atom. The molecule has 4 heteroatoms. The van der Waals surface area contributed by atoms with Gasteiger partial charge in [0.05, 0.1) is 0 Å². The summed E-state index contributed by atoms with van der Waals surface area (Å²) in [6.07, 6.45) is 2.32. The number of benzene rings is 1. The van der Waals surface area contributed by atoms with Gasteiger partial charge >= 0.3 is 0 Å². The number of halogens is 2. The zero-order valence-corrected chi connectivity index (χ0v) is 11.7. The van der Waals surface area contributed by atoms with Crippen LogP contribution in [0.4, 0.5) is 4.39 Å². The van der Waals surface area contributed by atoms with E-state index in [1.165, 1.54) is 6.07 Å². The van der Waals surface area contributed by atoms with Gasteiger partial charge in [-0.05, 0) is 37.0 Å². The van der Waals surface area contributed by atoms with Crippen LogP contribution in [0.5, 0.6) is 0 Å². The van der Waals surface area contributed by atoms with E-state index < -0.39 is 0 Å². The lowest BCUT2D eigenvalue weighted by Crippen LogP contribution is -2.25. The maximum Gasteiger partial charge on any atom is 0.127 e. The molecule has 1 atom stereocenters. The quantitative estimate of drug-likeness (QED) is 0.785. The molecule has 0 heterocycles. The summed E-state index contributed by atoms with van der Waals surface area (Å²) in [4.78, 5) is 0. The average molecular weight is 304 g/mol. The van der Waals surface area contributed by atoms with Crippen LogP contribution in [-0.4, -0.2) is 19.3 Å². The predicted molar refractivity (Wildman–Crippen MR) is 71.5 cm³/mol. The van der Waals surface area contributed by atoms with E-state index in [2.05, 4.69) is 22.9 Å². The van der Waals surface area contributed by atoms with Gasteiger partial charge in [-0.1, -0.05) is 28.9 Å². The van der Waals surface area contributed by atoms with Crippen molar-refractivity contribution in [3.05, 3.63) is 34.1 Å². The molecule has 96 valence electrons. The Bertz CT molecular complexity index is 346. The van der Waals surface area contributed by atoms with E-state index in [1.54, 1.807) is 6.07 Å². The first-order valence-corrected chi connectivity index (χ1v) is 6.70. The molecule has 0 aliphatic rings. The standard InChI is InChI=1S/C13H19BrFNO/c1-2-6-17-7-5-12(16)8-10-3-4-11(14)9-13(10)15/h3-4,9,12H,2,5-8,16H2,1H3. The molecule has 0 aliphatic carbocycles. The van der Waals surface area contributed by atoms with Gasteiger partial charge in [0.25, 0.3) is 0 Å². The minimum Gasteiger partial charge on any atom is -0.381 e. The van der Waals surface area contributed by atoms with E-state index in [0.29, 0.717) is 18.6 Å². The smallest absolute Gasteiger partial charge is 0.127 e. The van der Waals surface area contributed by atoms with Crippen LogP contribution >= 0.6 is 15.9 Å². The monoisotopic (exact) mass is 303 g/mol. The molecule has 0 saturated heterocycles. The van der Waals surface area contributed by atoms with Gasteiger partial charge in [0.1, 0.15) is 5.82 Å². The molecule has 0 aliphatic heterocycles. The molecule has 2 nitrogen and oxygen atoms in total. The van der Waals surface area contributed by atoms with Gasteiger partial charge in [-0.15, -0.1) is 0 Å². The van der Waals surface area contributed by atoms with Gasteiger partial charge in [-0.2, -0.15) is 0 Å².